The lowest BCUT2D eigenvalue weighted by molar-refractivity contribution is -0.130. The van der Waals surface area contributed by atoms with Crippen molar-refractivity contribution in [2.45, 2.75) is 24.7 Å². The van der Waals surface area contributed by atoms with Crippen LogP contribution >= 0.6 is 0 Å². The molecule has 17 heavy (non-hydrogen) atoms. The van der Waals surface area contributed by atoms with E-state index in [4.69, 9.17) is 10.6 Å². The zero-order valence-electron chi connectivity index (χ0n) is 9.63. The Kier molecular flexibility index (Phi) is 3.02. The molecule has 1 aliphatic rings. The first-order valence-electron chi connectivity index (χ1n) is 5.49. The summed E-state index contributed by atoms with van der Waals surface area (Å²) in [6, 6.07) is 4.61. The number of halogens is 1. The summed E-state index contributed by atoms with van der Waals surface area (Å²) in [7, 11) is 1.41. The minimum atomic E-state index is -0.665. The zero-order chi connectivity index (χ0) is 12.5. The van der Waals surface area contributed by atoms with E-state index in [-0.39, 0.29) is 11.7 Å². The highest BCUT2D eigenvalue weighted by atomic mass is 19.1. The van der Waals surface area contributed by atoms with E-state index in [0.29, 0.717) is 18.4 Å². The lowest BCUT2D eigenvalue weighted by Gasteiger charge is -2.40. The molecule has 2 rings (SSSR count). The molecule has 0 radical (unpaired) electrons. The van der Waals surface area contributed by atoms with E-state index < -0.39 is 11.2 Å². The predicted octanol–water partition coefficient (Wildman–Crippen LogP) is 1.25. The van der Waals surface area contributed by atoms with Crippen molar-refractivity contribution < 1.29 is 13.9 Å². The van der Waals surface area contributed by atoms with Crippen molar-refractivity contribution in [1.29, 1.82) is 0 Å². The largest absolute Gasteiger partial charge is 0.494 e. The maximum absolute atomic E-state index is 13.6. The van der Waals surface area contributed by atoms with Crippen LogP contribution in [0.1, 0.15) is 24.8 Å². The maximum atomic E-state index is 13.6. The minimum absolute atomic E-state index is 0.177. The summed E-state index contributed by atoms with van der Waals surface area (Å²) in [4.78, 5) is 11.8. The van der Waals surface area contributed by atoms with Gasteiger partial charge >= 0.3 is 0 Å². The van der Waals surface area contributed by atoms with Crippen molar-refractivity contribution in [3.8, 4) is 5.75 Å². The van der Waals surface area contributed by atoms with Crippen LogP contribution in [0.3, 0.4) is 0 Å². The molecule has 1 aromatic rings. The average molecular weight is 238 g/mol. The number of methoxy groups -OCH3 is 1. The molecule has 1 aliphatic carbocycles. The average Bonchev–Trinajstić information content (AvgIpc) is 2.27. The van der Waals surface area contributed by atoms with Crippen LogP contribution in [0.2, 0.25) is 0 Å². The molecular weight excluding hydrogens is 223 g/mol. The van der Waals surface area contributed by atoms with Gasteiger partial charge in [-0.1, -0.05) is 12.5 Å². The van der Waals surface area contributed by atoms with Gasteiger partial charge in [0.05, 0.1) is 12.5 Å². The van der Waals surface area contributed by atoms with Crippen molar-refractivity contribution in [3.05, 3.63) is 29.6 Å². The third-order valence-electron chi connectivity index (χ3n) is 3.48. The fourth-order valence-corrected chi connectivity index (χ4v) is 2.28. The quantitative estimate of drug-likeness (QED) is 0.473. The second-order valence-corrected chi connectivity index (χ2v) is 4.26. The molecule has 4 nitrogen and oxygen atoms in total. The summed E-state index contributed by atoms with van der Waals surface area (Å²) in [5, 5.41) is 0. The van der Waals surface area contributed by atoms with Crippen molar-refractivity contribution >= 4 is 5.91 Å². The molecule has 1 fully saturated rings. The maximum Gasteiger partial charge on any atom is 0.244 e. The summed E-state index contributed by atoms with van der Waals surface area (Å²) in [5.74, 6) is 4.64. The number of amides is 1. The highest BCUT2D eigenvalue weighted by Crippen LogP contribution is 2.44. The van der Waals surface area contributed by atoms with Crippen molar-refractivity contribution in [3.63, 3.8) is 0 Å². The zero-order valence-corrected chi connectivity index (χ0v) is 9.63. The lowest BCUT2D eigenvalue weighted by Crippen LogP contribution is -2.51. The monoisotopic (exact) mass is 238 g/mol. The van der Waals surface area contributed by atoms with Crippen molar-refractivity contribution in [2.75, 3.05) is 7.11 Å². The topological polar surface area (TPSA) is 64.3 Å². The van der Waals surface area contributed by atoms with Crippen LogP contribution < -0.4 is 16.0 Å². The summed E-state index contributed by atoms with van der Waals surface area (Å²) in [6.07, 6.45) is 2.34. The van der Waals surface area contributed by atoms with E-state index in [1.165, 1.54) is 19.2 Å². The number of hydrogen-bond acceptors (Lipinski definition) is 3. The van der Waals surface area contributed by atoms with Gasteiger partial charge in [-0.25, -0.2) is 10.2 Å². The predicted molar refractivity (Wildman–Crippen MR) is 60.8 cm³/mol. The van der Waals surface area contributed by atoms with Crippen LogP contribution in [0.5, 0.6) is 5.75 Å². The van der Waals surface area contributed by atoms with Crippen LogP contribution in [0.4, 0.5) is 4.39 Å². The standard InChI is InChI=1S/C12H15FN2O2/c1-17-10-4-3-8(7-9(10)13)12(5-2-6-12)11(16)15-14/h3-4,7H,2,5-6,14H2,1H3,(H,15,16). The van der Waals surface area contributed by atoms with E-state index in [2.05, 4.69) is 5.43 Å². The molecule has 0 spiro atoms. The SMILES string of the molecule is COc1ccc(C2(C(=O)NN)CCC2)cc1F. The Morgan fingerprint density at radius 2 is 2.24 bits per heavy atom. The Bertz CT molecular complexity index is 444. The molecule has 0 atom stereocenters. The molecule has 0 unspecified atom stereocenters. The van der Waals surface area contributed by atoms with Gasteiger partial charge in [-0.3, -0.25) is 10.2 Å². The van der Waals surface area contributed by atoms with Gasteiger partial charge in [-0.05, 0) is 30.5 Å². The van der Waals surface area contributed by atoms with Crippen LogP contribution in [-0.4, -0.2) is 13.0 Å². The number of benzene rings is 1. The number of carbonyl (C=O) groups excluding carboxylic acids is 1. The minimum Gasteiger partial charge on any atom is -0.494 e. The molecule has 5 heteroatoms. The third-order valence-corrected chi connectivity index (χ3v) is 3.48. The number of hydrazine groups is 1. The van der Waals surface area contributed by atoms with Gasteiger partial charge in [0, 0.05) is 0 Å². The summed E-state index contributed by atoms with van der Waals surface area (Å²) >= 11 is 0. The Morgan fingerprint density at radius 1 is 1.53 bits per heavy atom. The molecule has 0 aliphatic heterocycles. The Morgan fingerprint density at radius 3 is 2.65 bits per heavy atom. The van der Waals surface area contributed by atoms with Gasteiger partial charge < -0.3 is 4.74 Å². The first kappa shape index (κ1) is 11.9. The molecule has 0 saturated heterocycles. The summed E-state index contributed by atoms with van der Waals surface area (Å²) in [6.45, 7) is 0. The molecule has 0 aromatic heterocycles. The van der Waals surface area contributed by atoms with Crippen LogP contribution in [0, 0.1) is 5.82 Å². The first-order valence-corrected chi connectivity index (χ1v) is 5.49. The Balaban J connectivity index is 2.38. The Labute approximate surface area is 98.9 Å². The molecule has 0 bridgehead atoms. The van der Waals surface area contributed by atoms with E-state index in [9.17, 15) is 9.18 Å². The van der Waals surface area contributed by atoms with Crippen LogP contribution in [0.25, 0.3) is 0 Å². The third kappa shape index (κ3) is 1.76. The number of nitrogens with one attached hydrogen (secondary N) is 1. The fraction of sp³-hybridized carbons (Fsp3) is 0.417. The van der Waals surface area contributed by atoms with E-state index in [0.717, 1.165) is 6.42 Å². The van der Waals surface area contributed by atoms with Gasteiger partial charge in [0.1, 0.15) is 0 Å². The van der Waals surface area contributed by atoms with Gasteiger partial charge in [-0.15, -0.1) is 0 Å². The van der Waals surface area contributed by atoms with E-state index in [1.54, 1.807) is 6.07 Å². The normalized spacial score (nSPS) is 17.1. The smallest absolute Gasteiger partial charge is 0.244 e. The highest BCUT2D eigenvalue weighted by molar-refractivity contribution is 5.88. The van der Waals surface area contributed by atoms with Crippen LogP contribution in [-0.2, 0) is 10.2 Å². The second kappa shape index (κ2) is 4.33. The number of ether oxygens (including phenoxy) is 1. The number of nitrogens with two attached hydrogens (primary N) is 1. The molecular formula is C12H15FN2O2. The van der Waals surface area contributed by atoms with Crippen molar-refractivity contribution in [1.82, 2.24) is 5.43 Å². The molecule has 1 amide bonds. The Hall–Kier alpha value is -1.62. The highest BCUT2D eigenvalue weighted by Gasteiger charge is 2.45. The number of rotatable bonds is 3. The summed E-state index contributed by atoms with van der Waals surface area (Å²) < 4.78 is 18.5. The van der Waals surface area contributed by atoms with Gasteiger partial charge in [0.25, 0.3) is 0 Å². The number of carbonyl (C=O) groups is 1. The molecule has 0 heterocycles. The molecule has 1 aromatic carbocycles. The molecule has 92 valence electrons. The van der Waals surface area contributed by atoms with Crippen molar-refractivity contribution in [2.24, 2.45) is 5.84 Å². The second-order valence-electron chi connectivity index (χ2n) is 4.26. The van der Waals surface area contributed by atoms with Gasteiger partial charge in [0.15, 0.2) is 11.6 Å². The molecule has 1 saturated carbocycles. The lowest BCUT2D eigenvalue weighted by atomic mass is 9.64. The van der Waals surface area contributed by atoms with Crippen LogP contribution in [0.15, 0.2) is 18.2 Å². The van der Waals surface area contributed by atoms with E-state index in [1.807, 2.05) is 0 Å². The fourth-order valence-electron chi connectivity index (χ4n) is 2.28. The summed E-state index contributed by atoms with van der Waals surface area (Å²) in [5.41, 5.74) is 2.15. The van der Waals surface area contributed by atoms with Gasteiger partial charge in [0.2, 0.25) is 5.91 Å². The first-order chi connectivity index (χ1) is 8.14. The number of hydrogen-bond donors (Lipinski definition) is 2. The molecule has 3 N–H and O–H groups in total. The van der Waals surface area contributed by atoms with Gasteiger partial charge in [-0.2, -0.15) is 0 Å². The van der Waals surface area contributed by atoms with E-state index >= 15 is 0 Å².